The third kappa shape index (κ3) is 4.11. The summed E-state index contributed by atoms with van der Waals surface area (Å²) in [7, 11) is 0. The SMILES string of the molecule is CCN(Cc1ccccc1)C(=O)Cn1ccn(-c2ccccc2C)c(=O)c1=O. The lowest BCUT2D eigenvalue weighted by Crippen LogP contribution is -2.43. The molecule has 3 rings (SSSR count). The van der Waals surface area contributed by atoms with Crippen molar-refractivity contribution < 1.29 is 4.79 Å². The molecule has 3 aromatic rings. The highest BCUT2D eigenvalue weighted by atomic mass is 16.2. The van der Waals surface area contributed by atoms with Crippen LogP contribution in [0, 0.1) is 6.92 Å². The predicted octanol–water partition coefficient (Wildman–Crippen LogP) is 2.36. The summed E-state index contributed by atoms with van der Waals surface area (Å²) < 4.78 is 2.49. The summed E-state index contributed by atoms with van der Waals surface area (Å²) in [6.07, 6.45) is 3.03. The Hall–Kier alpha value is -3.41. The summed E-state index contributed by atoms with van der Waals surface area (Å²) in [6.45, 7) is 4.58. The van der Waals surface area contributed by atoms with E-state index in [2.05, 4.69) is 0 Å². The van der Waals surface area contributed by atoms with Crippen molar-refractivity contribution in [2.75, 3.05) is 6.54 Å². The Bertz CT molecular complexity index is 1080. The lowest BCUT2D eigenvalue weighted by atomic mass is 10.2. The minimum absolute atomic E-state index is 0.163. The number of amides is 1. The highest BCUT2D eigenvalue weighted by molar-refractivity contribution is 5.76. The molecule has 0 saturated heterocycles. The first-order chi connectivity index (χ1) is 13.5. The molecule has 6 heteroatoms. The second kappa shape index (κ2) is 8.52. The molecule has 0 aliphatic rings. The maximum absolute atomic E-state index is 12.7. The first-order valence-corrected chi connectivity index (χ1v) is 9.21. The molecule has 0 bridgehead atoms. The van der Waals surface area contributed by atoms with Crippen molar-refractivity contribution in [1.82, 2.24) is 14.0 Å². The minimum atomic E-state index is -0.713. The number of likely N-dealkylation sites (N-methyl/N-ethyl adjacent to an activating group) is 1. The third-order valence-corrected chi connectivity index (χ3v) is 4.69. The Kier molecular flexibility index (Phi) is 5.89. The zero-order valence-corrected chi connectivity index (χ0v) is 16.0. The molecule has 1 amide bonds. The van der Waals surface area contributed by atoms with E-state index in [1.807, 2.05) is 62.4 Å². The van der Waals surface area contributed by atoms with E-state index < -0.39 is 11.1 Å². The molecule has 0 aliphatic carbocycles. The number of aryl methyl sites for hydroxylation is 1. The molecule has 0 unspecified atom stereocenters. The summed E-state index contributed by atoms with van der Waals surface area (Å²) in [5, 5.41) is 0. The molecule has 0 aliphatic heterocycles. The van der Waals surface area contributed by atoms with Gasteiger partial charge in [0.15, 0.2) is 0 Å². The second-order valence-electron chi connectivity index (χ2n) is 6.59. The molecule has 0 spiro atoms. The van der Waals surface area contributed by atoms with Gasteiger partial charge in [0, 0.05) is 25.5 Å². The van der Waals surface area contributed by atoms with E-state index in [4.69, 9.17) is 0 Å². The van der Waals surface area contributed by atoms with Crippen LogP contribution < -0.4 is 11.1 Å². The van der Waals surface area contributed by atoms with Crippen molar-refractivity contribution in [3.63, 3.8) is 0 Å². The zero-order chi connectivity index (χ0) is 20.1. The van der Waals surface area contributed by atoms with E-state index >= 15 is 0 Å². The van der Waals surface area contributed by atoms with Gasteiger partial charge in [-0.25, -0.2) is 0 Å². The van der Waals surface area contributed by atoms with Crippen LogP contribution in [0.1, 0.15) is 18.1 Å². The number of carbonyl (C=O) groups excluding carboxylic acids is 1. The molecule has 0 fully saturated rings. The van der Waals surface area contributed by atoms with Crippen LogP contribution in [-0.4, -0.2) is 26.5 Å². The summed E-state index contributed by atoms with van der Waals surface area (Å²) in [4.78, 5) is 39.4. The van der Waals surface area contributed by atoms with Gasteiger partial charge in [-0.15, -0.1) is 0 Å². The first kappa shape index (κ1) is 19.4. The van der Waals surface area contributed by atoms with Gasteiger partial charge in [-0.3, -0.25) is 23.5 Å². The topological polar surface area (TPSA) is 64.3 Å². The van der Waals surface area contributed by atoms with Gasteiger partial charge in [-0.2, -0.15) is 0 Å². The van der Waals surface area contributed by atoms with Crippen molar-refractivity contribution >= 4 is 5.91 Å². The van der Waals surface area contributed by atoms with Crippen molar-refractivity contribution in [2.45, 2.75) is 26.9 Å². The van der Waals surface area contributed by atoms with Gasteiger partial charge in [-0.1, -0.05) is 48.5 Å². The van der Waals surface area contributed by atoms with Crippen molar-refractivity contribution in [1.29, 1.82) is 0 Å². The smallest absolute Gasteiger partial charge is 0.320 e. The number of rotatable bonds is 6. The Morgan fingerprint density at radius 1 is 0.929 bits per heavy atom. The number of aromatic nitrogens is 2. The average molecular weight is 377 g/mol. The number of para-hydroxylation sites is 1. The van der Waals surface area contributed by atoms with Gasteiger partial charge in [0.2, 0.25) is 5.91 Å². The highest BCUT2D eigenvalue weighted by Crippen LogP contribution is 2.10. The monoisotopic (exact) mass is 377 g/mol. The standard InChI is InChI=1S/C22H23N3O3/c1-3-23(15-18-10-5-4-6-11-18)20(26)16-24-13-14-25(22(28)21(24)27)19-12-8-7-9-17(19)2/h4-14H,3,15-16H2,1-2H3. The number of hydrogen-bond acceptors (Lipinski definition) is 3. The van der Waals surface area contributed by atoms with Gasteiger partial charge in [-0.05, 0) is 31.0 Å². The van der Waals surface area contributed by atoms with E-state index in [0.717, 1.165) is 11.1 Å². The van der Waals surface area contributed by atoms with Gasteiger partial charge in [0.05, 0.1) is 5.69 Å². The van der Waals surface area contributed by atoms with Crippen LogP contribution in [0.3, 0.4) is 0 Å². The van der Waals surface area contributed by atoms with Crippen LogP contribution in [0.4, 0.5) is 0 Å². The lowest BCUT2D eigenvalue weighted by molar-refractivity contribution is -0.132. The maximum Gasteiger partial charge on any atom is 0.320 e. The molecule has 1 heterocycles. The Balaban J connectivity index is 1.83. The normalized spacial score (nSPS) is 10.6. The number of nitrogens with zero attached hydrogens (tertiary/aromatic N) is 3. The molecule has 0 atom stereocenters. The fraction of sp³-hybridized carbons (Fsp3) is 0.227. The van der Waals surface area contributed by atoms with Gasteiger partial charge < -0.3 is 4.90 Å². The molecule has 0 N–H and O–H groups in total. The molecule has 6 nitrogen and oxygen atoms in total. The fourth-order valence-electron chi connectivity index (χ4n) is 3.08. The van der Waals surface area contributed by atoms with Crippen LogP contribution in [0.15, 0.2) is 76.6 Å². The van der Waals surface area contributed by atoms with Crippen LogP contribution in [0.2, 0.25) is 0 Å². The highest BCUT2D eigenvalue weighted by Gasteiger charge is 2.15. The van der Waals surface area contributed by atoms with E-state index in [1.165, 1.54) is 21.5 Å². The summed E-state index contributed by atoms with van der Waals surface area (Å²) in [5.41, 5.74) is 1.17. The number of hydrogen-bond donors (Lipinski definition) is 0. The van der Waals surface area contributed by atoms with Crippen molar-refractivity contribution in [2.24, 2.45) is 0 Å². The summed E-state index contributed by atoms with van der Waals surface area (Å²) >= 11 is 0. The molecule has 144 valence electrons. The van der Waals surface area contributed by atoms with Gasteiger partial charge in [0.1, 0.15) is 6.54 Å². The third-order valence-electron chi connectivity index (χ3n) is 4.69. The molecule has 1 aromatic heterocycles. The molecule has 0 saturated carbocycles. The predicted molar refractivity (Wildman–Crippen MR) is 109 cm³/mol. The quantitative estimate of drug-likeness (QED) is 0.620. The minimum Gasteiger partial charge on any atom is -0.337 e. The van der Waals surface area contributed by atoms with Gasteiger partial charge >= 0.3 is 11.1 Å². The molecule has 2 aromatic carbocycles. The Labute approximate surface area is 163 Å². The van der Waals surface area contributed by atoms with E-state index in [0.29, 0.717) is 18.8 Å². The van der Waals surface area contributed by atoms with Crippen molar-refractivity contribution in [3.05, 3.63) is 98.8 Å². The van der Waals surface area contributed by atoms with Gasteiger partial charge in [0.25, 0.3) is 0 Å². The maximum atomic E-state index is 12.7. The lowest BCUT2D eigenvalue weighted by Gasteiger charge is -2.21. The van der Waals surface area contributed by atoms with E-state index in [-0.39, 0.29) is 12.5 Å². The summed E-state index contributed by atoms with van der Waals surface area (Å²) in [5.74, 6) is -0.207. The van der Waals surface area contributed by atoms with E-state index in [9.17, 15) is 14.4 Å². The molecule has 28 heavy (non-hydrogen) atoms. The Morgan fingerprint density at radius 2 is 1.61 bits per heavy atom. The second-order valence-corrected chi connectivity index (χ2v) is 6.59. The average Bonchev–Trinajstić information content (AvgIpc) is 2.71. The summed E-state index contributed by atoms with van der Waals surface area (Å²) in [6, 6.07) is 17.0. The van der Waals surface area contributed by atoms with E-state index in [1.54, 1.807) is 11.0 Å². The Morgan fingerprint density at radius 3 is 2.29 bits per heavy atom. The fourth-order valence-corrected chi connectivity index (χ4v) is 3.08. The van der Waals surface area contributed by atoms with Crippen LogP contribution in [-0.2, 0) is 17.9 Å². The first-order valence-electron chi connectivity index (χ1n) is 9.21. The zero-order valence-electron chi connectivity index (χ0n) is 16.0. The van der Waals surface area contributed by atoms with Crippen molar-refractivity contribution in [3.8, 4) is 5.69 Å². The van der Waals surface area contributed by atoms with Crippen LogP contribution >= 0.6 is 0 Å². The largest absolute Gasteiger partial charge is 0.337 e. The van der Waals surface area contributed by atoms with Crippen LogP contribution in [0.25, 0.3) is 5.69 Å². The molecular formula is C22H23N3O3. The molecular weight excluding hydrogens is 354 g/mol. The number of carbonyl (C=O) groups is 1. The van der Waals surface area contributed by atoms with Crippen LogP contribution in [0.5, 0.6) is 0 Å². The molecule has 0 radical (unpaired) electrons. The number of benzene rings is 2.